The summed E-state index contributed by atoms with van der Waals surface area (Å²) in [6.45, 7) is 1.90. The number of hydrogen-bond acceptors (Lipinski definition) is 5. The lowest BCUT2D eigenvalue weighted by Gasteiger charge is -2.32. The van der Waals surface area contributed by atoms with Crippen molar-refractivity contribution < 1.29 is 18.0 Å². The average Bonchev–Trinajstić information content (AvgIpc) is 3.35. The van der Waals surface area contributed by atoms with Crippen LogP contribution in [-0.4, -0.2) is 45.4 Å². The summed E-state index contributed by atoms with van der Waals surface area (Å²) in [5, 5.41) is 13.7. The van der Waals surface area contributed by atoms with Gasteiger partial charge in [-0.3, -0.25) is 4.79 Å². The molecule has 4 rings (SSSR count). The van der Waals surface area contributed by atoms with Crippen molar-refractivity contribution in [1.82, 2.24) is 25.1 Å². The van der Waals surface area contributed by atoms with Crippen LogP contribution in [0, 0.1) is 11.8 Å². The van der Waals surface area contributed by atoms with E-state index in [1.807, 2.05) is 4.90 Å². The Bertz CT molecular complexity index is 808. The molecular formula is C16H19F3N6O. The van der Waals surface area contributed by atoms with Crippen LogP contribution in [0.4, 0.5) is 19.0 Å². The molecule has 2 aliphatic rings. The van der Waals surface area contributed by atoms with Crippen LogP contribution < -0.4 is 10.2 Å². The number of carbonyl (C=O) groups excluding carboxylic acids is 1. The maximum absolute atomic E-state index is 13.0. The number of fused-ring (bicyclic) bond motifs is 1. The summed E-state index contributed by atoms with van der Waals surface area (Å²) in [5.41, 5.74) is 0.0513. The highest BCUT2D eigenvalue weighted by atomic mass is 19.4. The topological polar surface area (TPSA) is 75.4 Å². The van der Waals surface area contributed by atoms with Crippen LogP contribution >= 0.6 is 0 Å². The van der Waals surface area contributed by atoms with Crippen LogP contribution in [0.1, 0.15) is 31.5 Å². The van der Waals surface area contributed by atoms with E-state index in [0.717, 1.165) is 11.1 Å². The normalized spacial score (nSPS) is 19.1. The molecule has 2 aromatic rings. The Morgan fingerprint density at radius 3 is 2.54 bits per heavy atom. The fourth-order valence-corrected chi connectivity index (χ4v) is 3.21. The number of piperidine rings is 1. The largest absolute Gasteiger partial charge is 0.453 e. The molecule has 1 amide bonds. The molecule has 1 aliphatic heterocycles. The summed E-state index contributed by atoms with van der Waals surface area (Å²) >= 11 is 0. The van der Waals surface area contributed by atoms with Crippen molar-refractivity contribution in [3.05, 3.63) is 18.0 Å². The third-order valence-electron chi connectivity index (χ3n) is 4.95. The monoisotopic (exact) mass is 368 g/mol. The van der Waals surface area contributed by atoms with E-state index in [-0.39, 0.29) is 17.5 Å². The van der Waals surface area contributed by atoms with Crippen molar-refractivity contribution >= 4 is 17.4 Å². The summed E-state index contributed by atoms with van der Waals surface area (Å²) in [4.78, 5) is 14.1. The number of aromatic nitrogens is 4. The Hall–Kier alpha value is -2.39. The second kappa shape index (κ2) is 6.40. The first-order valence-electron chi connectivity index (χ1n) is 8.74. The van der Waals surface area contributed by atoms with E-state index in [9.17, 15) is 18.0 Å². The summed E-state index contributed by atoms with van der Waals surface area (Å²) in [5.74, 6) is -0.0302. The van der Waals surface area contributed by atoms with Gasteiger partial charge in [0, 0.05) is 25.6 Å². The van der Waals surface area contributed by atoms with Gasteiger partial charge in [-0.15, -0.1) is 15.3 Å². The first kappa shape index (κ1) is 17.0. The van der Waals surface area contributed by atoms with E-state index in [2.05, 4.69) is 20.6 Å². The molecule has 1 saturated carbocycles. The van der Waals surface area contributed by atoms with E-state index in [0.29, 0.717) is 37.7 Å². The molecule has 1 aliphatic carbocycles. The number of rotatable bonds is 4. The van der Waals surface area contributed by atoms with Gasteiger partial charge in [-0.25, -0.2) is 0 Å². The van der Waals surface area contributed by atoms with Gasteiger partial charge < -0.3 is 10.2 Å². The molecule has 2 fully saturated rings. The van der Waals surface area contributed by atoms with E-state index in [1.165, 1.54) is 18.9 Å². The third-order valence-corrected chi connectivity index (χ3v) is 4.95. The highest BCUT2D eigenvalue weighted by Gasteiger charge is 2.38. The van der Waals surface area contributed by atoms with Crippen LogP contribution in [0.25, 0.3) is 5.65 Å². The predicted octanol–water partition coefficient (Wildman–Crippen LogP) is 1.89. The van der Waals surface area contributed by atoms with Gasteiger partial charge in [0.15, 0.2) is 5.65 Å². The van der Waals surface area contributed by atoms with Gasteiger partial charge in [-0.2, -0.15) is 17.7 Å². The number of halogens is 3. The van der Waals surface area contributed by atoms with Gasteiger partial charge >= 0.3 is 6.18 Å². The van der Waals surface area contributed by atoms with Crippen LogP contribution in [-0.2, 0) is 11.0 Å². The lowest BCUT2D eigenvalue weighted by molar-refractivity contribution is -0.146. The Balaban J connectivity index is 1.43. The summed E-state index contributed by atoms with van der Waals surface area (Å²) in [6, 6.07) is 3.11. The molecule has 0 unspecified atom stereocenters. The first-order chi connectivity index (χ1) is 12.4. The smallest absolute Gasteiger partial charge is 0.356 e. The minimum atomic E-state index is -4.61. The Morgan fingerprint density at radius 2 is 1.88 bits per heavy atom. The maximum Gasteiger partial charge on any atom is 0.453 e. The van der Waals surface area contributed by atoms with Crippen molar-refractivity contribution in [2.45, 2.75) is 31.9 Å². The molecule has 10 heteroatoms. The van der Waals surface area contributed by atoms with E-state index in [4.69, 9.17) is 0 Å². The number of nitrogens with one attached hydrogen (secondary N) is 1. The number of amides is 1. The van der Waals surface area contributed by atoms with E-state index in [1.54, 1.807) is 6.07 Å². The Labute approximate surface area is 147 Å². The second-order valence-electron chi connectivity index (χ2n) is 6.93. The van der Waals surface area contributed by atoms with Crippen LogP contribution in [0.5, 0.6) is 0 Å². The molecule has 1 saturated heterocycles. The quantitative estimate of drug-likeness (QED) is 0.892. The Morgan fingerprint density at radius 1 is 1.15 bits per heavy atom. The SMILES string of the molecule is O=C(NCC1CC1)C1CCN(c2ccc3nnc(C(F)(F)F)n3n2)CC1. The zero-order chi connectivity index (χ0) is 18.3. The molecule has 0 atom stereocenters. The lowest BCUT2D eigenvalue weighted by atomic mass is 9.96. The zero-order valence-electron chi connectivity index (χ0n) is 14.0. The number of anilines is 1. The van der Waals surface area contributed by atoms with Crippen molar-refractivity contribution in [2.24, 2.45) is 11.8 Å². The molecular weight excluding hydrogens is 349 g/mol. The molecule has 140 valence electrons. The minimum Gasteiger partial charge on any atom is -0.356 e. The fraction of sp³-hybridized carbons (Fsp3) is 0.625. The maximum atomic E-state index is 13.0. The van der Waals surface area contributed by atoms with E-state index >= 15 is 0 Å². The van der Waals surface area contributed by atoms with Crippen molar-refractivity contribution in [3.8, 4) is 0 Å². The second-order valence-corrected chi connectivity index (χ2v) is 6.93. The van der Waals surface area contributed by atoms with Crippen LogP contribution in [0.3, 0.4) is 0 Å². The molecule has 1 N–H and O–H groups in total. The molecule has 0 aromatic carbocycles. The zero-order valence-corrected chi connectivity index (χ0v) is 14.0. The molecule has 3 heterocycles. The number of alkyl halides is 3. The average molecular weight is 368 g/mol. The van der Waals surface area contributed by atoms with E-state index < -0.39 is 12.0 Å². The standard InChI is InChI=1S/C16H19F3N6O/c17-16(18,19)15-22-21-12-3-4-13(23-25(12)15)24-7-5-11(6-8-24)14(26)20-9-10-1-2-10/h3-4,10-11H,1-2,5-9H2,(H,20,26). The molecule has 2 aromatic heterocycles. The van der Waals surface area contributed by atoms with Gasteiger partial charge in [0.05, 0.1) is 0 Å². The summed E-state index contributed by atoms with van der Waals surface area (Å²) < 4.78 is 39.7. The van der Waals surface area contributed by atoms with Gasteiger partial charge in [0.25, 0.3) is 5.82 Å². The summed E-state index contributed by atoms with van der Waals surface area (Å²) in [6.07, 6.45) is -0.918. The van der Waals surface area contributed by atoms with Crippen LogP contribution in [0.15, 0.2) is 12.1 Å². The fourth-order valence-electron chi connectivity index (χ4n) is 3.21. The molecule has 0 spiro atoms. The van der Waals surface area contributed by atoms with Gasteiger partial charge in [-0.1, -0.05) is 0 Å². The van der Waals surface area contributed by atoms with Crippen molar-refractivity contribution in [1.29, 1.82) is 0 Å². The predicted molar refractivity (Wildman–Crippen MR) is 86.5 cm³/mol. The summed E-state index contributed by atoms with van der Waals surface area (Å²) in [7, 11) is 0. The minimum absolute atomic E-state index is 0.0469. The van der Waals surface area contributed by atoms with Crippen molar-refractivity contribution in [3.63, 3.8) is 0 Å². The third kappa shape index (κ3) is 3.45. The lowest BCUT2D eigenvalue weighted by Crippen LogP contribution is -2.41. The molecule has 0 radical (unpaired) electrons. The van der Waals surface area contributed by atoms with Gasteiger partial charge in [-0.05, 0) is 43.7 Å². The van der Waals surface area contributed by atoms with Crippen LogP contribution in [0.2, 0.25) is 0 Å². The molecule has 0 bridgehead atoms. The first-order valence-corrected chi connectivity index (χ1v) is 8.74. The van der Waals surface area contributed by atoms with Crippen molar-refractivity contribution in [2.75, 3.05) is 24.5 Å². The van der Waals surface area contributed by atoms with Gasteiger partial charge in [0.1, 0.15) is 5.82 Å². The van der Waals surface area contributed by atoms with Gasteiger partial charge in [0.2, 0.25) is 5.91 Å². The highest BCUT2D eigenvalue weighted by molar-refractivity contribution is 5.79. The highest BCUT2D eigenvalue weighted by Crippen LogP contribution is 2.29. The number of hydrogen-bond donors (Lipinski definition) is 1. The number of carbonyl (C=O) groups is 1. The Kier molecular flexibility index (Phi) is 4.20. The molecule has 26 heavy (non-hydrogen) atoms. The number of nitrogens with zero attached hydrogens (tertiary/aromatic N) is 5. The molecule has 7 nitrogen and oxygen atoms in total.